The Kier molecular flexibility index (Phi) is 3.48. The van der Waals surface area contributed by atoms with Crippen molar-refractivity contribution in [3.05, 3.63) is 23.3 Å². The third-order valence-electron chi connectivity index (χ3n) is 3.29. The minimum Gasteiger partial charge on any atom is -0.497 e. The van der Waals surface area contributed by atoms with Gasteiger partial charge in [0, 0.05) is 5.56 Å². The quantitative estimate of drug-likeness (QED) is 0.631. The van der Waals surface area contributed by atoms with Crippen LogP contribution in [-0.2, 0) is 16.5 Å². The van der Waals surface area contributed by atoms with Crippen LogP contribution >= 0.6 is 0 Å². The maximum absolute atomic E-state index is 13.1. The number of benzene rings is 1. The summed E-state index contributed by atoms with van der Waals surface area (Å²) >= 11 is 0. The van der Waals surface area contributed by atoms with E-state index in [1.807, 2.05) is 0 Å². The van der Waals surface area contributed by atoms with Crippen molar-refractivity contribution < 1.29 is 27.4 Å². The number of hydrogen-bond acceptors (Lipinski definition) is 4. The normalized spacial score (nSPS) is 16.2. The summed E-state index contributed by atoms with van der Waals surface area (Å²) in [5.41, 5.74) is -1.71. The second-order valence-corrected chi connectivity index (χ2v) is 4.49. The Morgan fingerprint density at radius 1 is 1.25 bits per heavy atom. The van der Waals surface area contributed by atoms with Gasteiger partial charge in [-0.05, 0) is 25.0 Å². The van der Waals surface area contributed by atoms with Gasteiger partial charge in [-0.3, -0.25) is 0 Å². The molecule has 0 bridgehead atoms. The van der Waals surface area contributed by atoms with Crippen LogP contribution < -0.4 is 9.47 Å². The van der Waals surface area contributed by atoms with E-state index in [0.717, 1.165) is 13.2 Å². The summed E-state index contributed by atoms with van der Waals surface area (Å²) in [6.07, 6.45) is -2.22. The first kappa shape index (κ1) is 14.4. The molecule has 4 nitrogen and oxygen atoms in total. The molecule has 1 aromatic carbocycles. The zero-order chi connectivity index (χ0) is 15.0. The number of halogens is 3. The second kappa shape index (κ2) is 4.83. The van der Waals surface area contributed by atoms with Crippen LogP contribution in [0, 0.1) is 0 Å². The molecule has 7 heteroatoms. The van der Waals surface area contributed by atoms with Gasteiger partial charge in [0.15, 0.2) is 0 Å². The minimum absolute atomic E-state index is 0.0421. The van der Waals surface area contributed by atoms with Crippen LogP contribution in [0.15, 0.2) is 17.1 Å². The van der Waals surface area contributed by atoms with Gasteiger partial charge in [0.1, 0.15) is 22.6 Å². The SMILES string of the molecule is COc1cc(C(F)(F)F)c(OC)c(C2(N=C=O)CC2)c1. The number of alkyl halides is 3. The molecule has 1 aliphatic rings. The molecular formula is C13H12F3NO3. The van der Waals surface area contributed by atoms with Gasteiger partial charge in [0.2, 0.25) is 6.08 Å². The van der Waals surface area contributed by atoms with Gasteiger partial charge in [-0.2, -0.15) is 18.2 Å². The van der Waals surface area contributed by atoms with Crippen LogP contribution in [0.5, 0.6) is 11.5 Å². The maximum Gasteiger partial charge on any atom is 0.420 e. The number of hydrogen-bond donors (Lipinski definition) is 0. The second-order valence-electron chi connectivity index (χ2n) is 4.49. The molecule has 2 rings (SSSR count). The smallest absolute Gasteiger partial charge is 0.420 e. The number of carbonyl (C=O) groups excluding carboxylic acids is 1. The molecule has 1 aromatic rings. The molecule has 0 atom stereocenters. The predicted molar refractivity (Wildman–Crippen MR) is 63.6 cm³/mol. The standard InChI is InChI=1S/C13H12F3NO3/c1-19-8-5-9(12(3-4-12)17-7-18)11(20-2)10(6-8)13(14,15)16/h5-6H,3-4H2,1-2H3. The van der Waals surface area contributed by atoms with Crippen LogP contribution in [0.4, 0.5) is 13.2 Å². The molecule has 0 N–H and O–H groups in total. The van der Waals surface area contributed by atoms with Gasteiger partial charge in [-0.15, -0.1) is 0 Å². The van der Waals surface area contributed by atoms with E-state index in [9.17, 15) is 18.0 Å². The Balaban J connectivity index is 2.70. The fourth-order valence-corrected chi connectivity index (χ4v) is 2.14. The average Bonchev–Trinajstić information content (AvgIpc) is 3.17. The van der Waals surface area contributed by atoms with Crippen molar-refractivity contribution in [2.75, 3.05) is 14.2 Å². The monoisotopic (exact) mass is 287 g/mol. The van der Waals surface area contributed by atoms with Crippen LogP contribution in [0.3, 0.4) is 0 Å². The number of aliphatic imine (C=N–C) groups is 1. The van der Waals surface area contributed by atoms with Gasteiger partial charge in [-0.1, -0.05) is 0 Å². The van der Waals surface area contributed by atoms with Gasteiger partial charge in [0.05, 0.1) is 14.2 Å². The molecule has 1 saturated carbocycles. The molecule has 0 radical (unpaired) electrons. The number of nitrogens with zero attached hydrogens (tertiary/aromatic N) is 1. The molecule has 0 spiro atoms. The lowest BCUT2D eigenvalue weighted by molar-refractivity contribution is -0.138. The van der Waals surface area contributed by atoms with Crippen LogP contribution in [0.2, 0.25) is 0 Å². The largest absolute Gasteiger partial charge is 0.497 e. The summed E-state index contributed by atoms with van der Waals surface area (Å²) < 4.78 is 49.1. The highest BCUT2D eigenvalue weighted by atomic mass is 19.4. The van der Waals surface area contributed by atoms with Crippen LogP contribution in [0.1, 0.15) is 24.0 Å². The first-order valence-electron chi connectivity index (χ1n) is 5.80. The van der Waals surface area contributed by atoms with Gasteiger partial charge in [-0.25, -0.2) is 4.79 Å². The van der Waals surface area contributed by atoms with E-state index in [0.29, 0.717) is 12.8 Å². The number of rotatable bonds is 4. The lowest BCUT2D eigenvalue weighted by atomic mass is 9.99. The molecule has 0 amide bonds. The topological polar surface area (TPSA) is 47.9 Å². The van der Waals surface area contributed by atoms with E-state index >= 15 is 0 Å². The Morgan fingerprint density at radius 3 is 2.30 bits per heavy atom. The third kappa shape index (κ3) is 2.36. The fraction of sp³-hybridized carbons (Fsp3) is 0.462. The summed E-state index contributed by atoms with van der Waals surface area (Å²) in [4.78, 5) is 14.1. The molecule has 0 heterocycles. The van der Waals surface area contributed by atoms with E-state index in [1.54, 1.807) is 0 Å². The van der Waals surface area contributed by atoms with E-state index in [2.05, 4.69) is 4.99 Å². The summed E-state index contributed by atoms with van der Waals surface area (Å²) in [7, 11) is 2.43. The predicted octanol–water partition coefficient (Wildman–Crippen LogP) is 3.05. The molecule has 0 aliphatic heterocycles. The summed E-state index contributed by atoms with van der Waals surface area (Å²) in [6, 6.07) is 2.28. The maximum atomic E-state index is 13.1. The van der Waals surface area contributed by atoms with E-state index < -0.39 is 17.3 Å². The van der Waals surface area contributed by atoms with Crippen LogP contribution in [-0.4, -0.2) is 20.3 Å². The number of methoxy groups -OCH3 is 2. The van der Waals surface area contributed by atoms with Crippen molar-refractivity contribution in [3.8, 4) is 11.5 Å². The lowest BCUT2D eigenvalue weighted by Gasteiger charge is -2.20. The van der Waals surface area contributed by atoms with Crippen molar-refractivity contribution in [1.82, 2.24) is 0 Å². The highest BCUT2D eigenvalue weighted by Crippen LogP contribution is 2.55. The number of isocyanates is 1. The van der Waals surface area contributed by atoms with Crippen molar-refractivity contribution in [3.63, 3.8) is 0 Å². The summed E-state index contributed by atoms with van der Waals surface area (Å²) in [5, 5.41) is 0. The Morgan fingerprint density at radius 2 is 1.90 bits per heavy atom. The average molecular weight is 287 g/mol. The molecule has 20 heavy (non-hydrogen) atoms. The van der Waals surface area contributed by atoms with Crippen molar-refractivity contribution in [1.29, 1.82) is 0 Å². The van der Waals surface area contributed by atoms with E-state index in [-0.39, 0.29) is 17.1 Å². The van der Waals surface area contributed by atoms with Gasteiger partial charge < -0.3 is 9.47 Å². The van der Waals surface area contributed by atoms with Crippen molar-refractivity contribution in [2.24, 2.45) is 4.99 Å². The Labute approximate surface area is 113 Å². The van der Waals surface area contributed by atoms with Crippen LogP contribution in [0.25, 0.3) is 0 Å². The van der Waals surface area contributed by atoms with Gasteiger partial charge in [0.25, 0.3) is 0 Å². The summed E-state index contributed by atoms with van der Waals surface area (Å²) in [5.74, 6) is -0.282. The number of ether oxygens (including phenoxy) is 2. The molecule has 0 aromatic heterocycles. The molecule has 1 fully saturated rings. The highest BCUT2D eigenvalue weighted by Gasteiger charge is 2.49. The van der Waals surface area contributed by atoms with E-state index in [4.69, 9.17) is 9.47 Å². The summed E-state index contributed by atoms with van der Waals surface area (Å²) in [6.45, 7) is 0. The lowest BCUT2D eigenvalue weighted by Crippen LogP contribution is -2.13. The fourth-order valence-electron chi connectivity index (χ4n) is 2.14. The molecule has 1 aliphatic carbocycles. The third-order valence-corrected chi connectivity index (χ3v) is 3.29. The first-order valence-corrected chi connectivity index (χ1v) is 5.80. The van der Waals surface area contributed by atoms with Crippen molar-refractivity contribution >= 4 is 6.08 Å². The minimum atomic E-state index is -4.59. The van der Waals surface area contributed by atoms with Gasteiger partial charge >= 0.3 is 6.18 Å². The molecule has 0 saturated heterocycles. The van der Waals surface area contributed by atoms with Crippen molar-refractivity contribution in [2.45, 2.75) is 24.6 Å². The Bertz CT molecular complexity index is 573. The first-order chi connectivity index (χ1) is 9.38. The molecular weight excluding hydrogens is 275 g/mol. The Hall–Kier alpha value is -2.01. The van der Waals surface area contributed by atoms with E-state index in [1.165, 1.54) is 19.3 Å². The zero-order valence-electron chi connectivity index (χ0n) is 10.9. The molecule has 0 unspecified atom stereocenters. The molecule has 108 valence electrons. The zero-order valence-corrected chi connectivity index (χ0v) is 10.9. The highest BCUT2D eigenvalue weighted by molar-refractivity contribution is 5.55.